The van der Waals surface area contributed by atoms with E-state index in [1.54, 1.807) is 11.1 Å². The third-order valence-electron chi connectivity index (χ3n) is 9.39. The molecule has 1 nitrogen and oxygen atoms in total. The minimum Gasteiger partial charge on any atom is -0.295 e. The van der Waals surface area contributed by atoms with Crippen LogP contribution in [0.5, 0.6) is 0 Å². The van der Waals surface area contributed by atoms with E-state index in [2.05, 4.69) is 53.3 Å². The molecule has 29 heavy (non-hydrogen) atoms. The third kappa shape index (κ3) is 3.33. The van der Waals surface area contributed by atoms with Crippen LogP contribution >= 0.6 is 0 Å². The van der Waals surface area contributed by atoms with Crippen LogP contribution in [0.3, 0.4) is 0 Å². The minimum absolute atomic E-state index is 0.172. The topological polar surface area (TPSA) is 17.1 Å². The Morgan fingerprint density at radius 1 is 1.10 bits per heavy atom. The summed E-state index contributed by atoms with van der Waals surface area (Å²) in [7, 11) is 0. The molecule has 4 rings (SSSR count). The maximum atomic E-state index is 12.0. The van der Waals surface area contributed by atoms with Crippen LogP contribution in [0.25, 0.3) is 0 Å². The van der Waals surface area contributed by atoms with Crippen LogP contribution in [0.2, 0.25) is 0 Å². The Bertz CT molecular complexity index is 806. The van der Waals surface area contributed by atoms with Crippen molar-refractivity contribution in [1.29, 1.82) is 0 Å². The average molecular weight is 393 g/mol. The van der Waals surface area contributed by atoms with E-state index in [1.807, 2.05) is 6.08 Å². The van der Waals surface area contributed by atoms with Crippen molar-refractivity contribution < 1.29 is 4.79 Å². The summed E-state index contributed by atoms with van der Waals surface area (Å²) in [6.45, 7) is 16.3. The van der Waals surface area contributed by atoms with Crippen LogP contribution in [-0.2, 0) is 4.79 Å². The first kappa shape index (κ1) is 20.9. The summed E-state index contributed by atoms with van der Waals surface area (Å²) in [5, 5.41) is 0. The Morgan fingerprint density at radius 3 is 2.59 bits per heavy atom. The molecule has 1 saturated carbocycles. The van der Waals surface area contributed by atoms with E-state index in [1.165, 1.54) is 49.7 Å². The quantitative estimate of drug-likeness (QED) is 0.440. The fraction of sp³-hybridized carbons (Fsp3) is 0.679. The van der Waals surface area contributed by atoms with Gasteiger partial charge in [-0.1, -0.05) is 64.5 Å². The molecule has 0 bridgehead atoms. The molecule has 0 radical (unpaired) electrons. The molecule has 5 atom stereocenters. The number of hydrogen-bond acceptors (Lipinski definition) is 1. The molecule has 0 heterocycles. The fourth-order valence-corrected chi connectivity index (χ4v) is 7.17. The molecule has 0 aromatic rings. The number of hydrogen-bond donors (Lipinski definition) is 0. The smallest absolute Gasteiger partial charge is 0.156 e. The van der Waals surface area contributed by atoms with Gasteiger partial charge in [-0.15, -0.1) is 0 Å². The lowest BCUT2D eigenvalue weighted by molar-refractivity contribution is -0.116. The molecule has 0 unspecified atom stereocenters. The Labute approximate surface area is 178 Å². The van der Waals surface area contributed by atoms with Crippen LogP contribution < -0.4 is 0 Å². The number of carbonyl (C=O) groups excluding carboxylic acids is 1. The Kier molecular flexibility index (Phi) is 5.33. The van der Waals surface area contributed by atoms with Gasteiger partial charge in [-0.3, -0.25) is 4.79 Å². The van der Waals surface area contributed by atoms with E-state index in [9.17, 15) is 4.79 Å². The molecule has 1 fully saturated rings. The largest absolute Gasteiger partial charge is 0.295 e. The van der Waals surface area contributed by atoms with E-state index in [-0.39, 0.29) is 5.41 Å². The molecule has 0 aliphatic heterocycles. The van der Waals surface area contributed by atoms with Gasteiger partial charge in [0.05, 0.1) is 0 Å². The predicted molar refractivity (Wildman–Crippen MR) is 123 cm³/mol. The molecule has 0 aromatic heterocycles. The zero-order valence-electron chi connectivity index (χ0n) is 19.3. The van der Waals surface area contributed by atoms with Gasteiger partial charge in [0.25, 0.3) is 0 Å². The van der Waals surface area contributed by atoms with Crippen LogP contribution in [0, 0.1) is 34.5 Å². The summed E-state index contributed by atoms with van der Waals surface area (Å²) in [6, 6.07) is 0. The highest BCUT2D eigenvalue weighted by molar-refractivity contribution is 5.92. The van der Waals surface area contributed by atoms with Crippen molar-refractivity contribution in [2.45, 2.75) is 86.0 Å². The number of carbonyl (C=O) groups is 1. The van der Waals surface area contributed by atoms with Gasteiger partial charge in [0.2, 0.25) is 0 Å². The second-order valence-corrected chi connectivity index (χ2v) is 11.2. The highest BCUT2D eigenvalue weighted by Crippen LogP contribution is 2.63. The number of ketones is 1. The van der Waals surface area contributed by atoms with Gasteiger partial charge >= 0.3 is 0 Å². The Morgan fingerprint density at radius 2 is 1.86 bits per heavy atom. The van der Waals surface area contributed by atoms with Gasteiger partial charge in [-0.05, 0) is 96.7 Å². The zero-order chi connectivity index (χ0) is 21.0. The summed E-state index contributed by atoms with van der Waals surface area (Å²) in [6.07, 6.45) is 16.1. The number of rotatable bonds is 5. The van der Waals surface area contributed by atoms with Gasteiger partial charge in [-0.2, -0.15) is 0 Å². The van der Waals surface area contributed by atoms with Crippen LogP contribution in [-0.4, -0.2) is 5.78 Å². The first-order valence-corrected chi connectivity index (χ1v) is 12.0. The van der Waals surface area contributed by atoms with Crippen LogP contribution in [0.1, 0.15) is 86.0 Å². The Hall–Kier alpha value is -1.37. The van der Waals surface area contributed by atoms with Gasteiger partial charge in [0.1, 0.15) is 0 Å². The SMILES string of the molecule is C=C(CC[C@@H](C)[C@H]1CCC2=C3C=CC4=CC(=O)CC[C@]4(C)[C@H]3CC[C@@]21C)C(C)C. The van der Waals surface area contributed by atoms with Crippen molar-refractivity contribution >= 4 is 5.78 Å². The first-order valence-electron chi connectivity index (χ1n) is 12.0. The second-order valence-electron chi connectivity index (χ2n) is 11.2. The zero-order valence-corrected chi connectivity index (χ0v) is 19.3. The standard InChI is InChI=1S/C28H40O/c1-18(2)19(3)7-8-20(4)24-11-12-25-23-10-9-21-17-22(29)13-15-27(21,5)26(23)14-16-28(24,25)6/h9-10,17-18,20,24,26H,3,7-8,11-16H2,1-2,4-6H3/t20-,24-,26+,27+,28-/m1/s1. The minimum atomic E-state index is 0.172. The molecule has 4 aliphatic rings. The monoisotopic (exact) mass is 392 g/mol. The molecular formula is C28H40O. The van der Waals surface area contributed by atoms with Crippen molar-refractivity contribution in [2.24, 2.45) is 34.5 Å². The van der Waals surface area contributed by atoms with Gasteiger partial charge < -0.3 is 0 Å². The summed E-state index contributed by atoms with van der Waals surface area (Å²) >= 11 is 0. The molecule has 0 saturated heterocycles. The van der Waals surface area contributed by atoms with E-state index >= 15 is 0 Å². The lowest BCUT2D eigenvalue weighted by atomic mass is 9.53. The van der Waals surface area contributed by atoms with Crippen molar-refractivity contribution in [3.63, 3.8) is 0 Å². The van der Waals surface area contributed by atoms with E-state index in [4.69, 9.17) is 0 Å². The highest BCUT2D eigenvalue weighted by Gasteiger charge is 2.53. The molecule has 0 spiro atoms. The van der Waals surface area contributed by atoms with Gasteiger partial charge in [0, 0.05) is 6.42 Å². The molecule has 0 N–H and O–H groups in total. The fourth-order valence-electron chi connectivity index (χ4n) is 7.17. The lowest BCUT2D eigenvalue weighted by Gasteiger charge is -2.51. The number of fused-ring (bicyclic) bond motifs is 4. The van der Waals surface area contributed by atoms with E-state index < -0.39 is 0 Å². The summed E-state index contributed by atoms with van der Waals surface area (Å²) in [5.74, 6) is 3.10. The maximum Gasteiger partial charge on any atom is 0.156 e. The van der Waals surface area contributed by atoms with Crippen molar-refractivity contribution in [1.82, 2.24) is 0 Å². The average Bonchev–Trinajstić information content (AvgIpc) is 3.03. The van der Waals surface area contributed by atoms with Gasteiger partial charge in [-0.25, -0.2) is 0 Å². The van der Waals surface area contributed by atoms with Crippen molar-refractivity contribution in [3.8, 4) is 0 Å². The molecule has 0 amide bonds. The summed E-state index contributed by atoms with van der Waals surface area (Å²) in [5.41, 5.74) is 6.66. The maximum absolute atomic E-state index is 12.0. The summed E-state index contributed by atoms with van der Waals surface area (Å²) in [4.78, 5) is 12.0. The molecule has 0 aromatic carbocycles. The van der Waals surface area contributed by atoms with Crippen molar-refractivity contribution in [3.05, 3.63) is 47.1 Å². The Balaban J connectivity index is 1.61. The van der Waals surface area contributed by atoms with E-state index in [0.717, 1.165) is 24.7 Å². The van der Waals surface area contributed by atoms with Gasteiger partial charge in [0.15, 0.2) is 5.78 Å². The molecule has 4 aliphatic carbocycles. The normalized spacial score (nSPS) is 37.2. The van der Waals surface area contributed by atoms with Crippen LogP contribution in [0.4, 0.5) is 0 Å². The lowest BCUT2D eigenvalue weighted by Crippen LogP contribution is -2.41. The second kappa shape index (κ2) is 7.40. The molecular weight excluding hydrogens is 352 g/mol. The molecule has 1 heteroatoms. The third-order valence-corrected chi connectivity index (χ3v) is 9.39. The summed E-state index contributed by atoms with van der Waals surface area (Å²) < 4.78 is 0. The first-order chi connectivity index (χ1) is 13.7. The number of allylic oxidation sites excluding steroid dienone is 7. The predicted octanol–water partition coefficient (Wildman–Crippen LogP) is 7.60. The highest BCUT2D eigenvalue weighted by atomic mass is 16.1. The van der Waals surface area contributed by atoms with E-state index in [0.29, 0.717) is 23.0 Å². The van der Waals surface area contributed by atoms with Crippen LogP contribution in [0.15, 0.2) is 47.1 Å². The van der Waals surface area contributed by atoms with Crippen molar-refractivity contribution in [2.75, 3.05) is 0 Å². The molecule has 158 valence electrons.